The van der Waals surface area contributed by atoms with Crippen molar-refractivity contribution in [3.05, 3.63) is 35.4 Å². The lowest BCUT2D eigenvalue weighted by Crippen LogP contribution is -2.63. The minimum absolute atomic E-state index is 0.694. The van der Waals surface area contributed by atoms with Crippen LogP contribution in [0.5, 0.6) is 0 Å². The summed E-state index contributed by atoms with van der Waals surface area (Å²) in [6.07, 6.45) is 2.58. The quantitative estimate of drug-likeness (QED) is 0.808. The van der Waals surface area contributed by atoms with E-state index in [1.807, 2.05) is 0 Å². The van der Waals surface area contributed by atoms with Crippen LogP contribution in [0.15, 0.2) is 24.3 Å². The largest absolute Gasteiger partial charge is 0.309 e. The molecule has 18 heavy (non-hydrogen) atoms. The van der Waals surface area contributed by atoms with Crippen molar-refractivity contribution < 1.29 is 4.48 Å². The van der Waals surface area contributed by atoms with Gasteiger partial charge in [-0.1, -0.05) is 38.1 Å². The number of nitrogens with zero attached hydrogens (tertiary/aromatic N) is 1. The maximum Gasteiger partial charge on any atom is 0.128 e. The van der Waals surface area contributed by atoms with E-state index in [4.69, 9.17) is 0 Å². The molecule has 0 aliphatic carbocycles. The minimum Gasteiger partial charge on any atom is -0.309 e. The van der Waals surface area contributed by atoms with Gasteiger partial charge in [0.25, 0.3) is 0 Å². The lowest BCUT2D eigenvalue weighted by Gasteiger charge is -2.49. The summed E-state index contributed by atoms with van der Waals surface area (Å²) in [5.41, 5.74) is 3.20. The van der Waals surface area contributed by atoms with Crippen LogP contribution in [-0.4, -0.2) is 30.2 Å². The molecule has 3 unspecified atom stereocenters. The minimum atomic E-state index is 0.694. The van der Waals surface area contributed by atoms with E-state index in [1.165, 1.54) is 37.0 Å². The summed E-state index contributed by atoms with van der Waals surface area (Å²) in [4.78, 5) is 0. The lowest BCUT2D eigenvalue weighted by molar-refractivity contribution is -0.987. The van der Waals surface area contributed by atoms with E-state index in [0.717, 1.165) is 12.6 Å². The van der Waals surface area contributed by atoms with Gasteiger partial charge in [0.2, 0.25) is 0 Å². The van der Waals surface area contributed by atoms with Crippen LogP contribution in [-0.2, 0) is 6.54 Å². The maximum atomic E-state index is 3.67. The number of benzene rings is 1. The van der Waals surface area contributed by atoms with Crippen LogP contribution < -0.4 is 5.32 Å². The molecule has 3 rings (SSSR count). The number of hydrogen-bond donors (Lipinski definition) is 1. The van der Waals surface area contributed by atoms with E-state index in [2.05, 4.69) is 43.4 Å². The molecule has 2 aliphatic rings. The van der Waals surface area contributed by atoms with Crippen molar-refractivity contribution in [1.29, 1.82) is 0 Å². The molecule has 0 aromatic heterocycles. The van der Waals surface area contributed by atoms with Gasteiger partial charge in [-0.25, -0.2) is 0 Å². The first-order chi connectivity index (χ1) is 8.81. The van der Waals surface area contributed by atoms with Crippen LogP contribution in [0.4, 0.5) is 0 Å². The second-order valence-corrected chi connectivity index (χ2v) is 5.92. The Morgan fingerprint density at radius 3 is 2.83 bits per heavy atom. The number of fused-ring (bicyclic) bond motifs is 3. The summed E-state index contributed by atoms with van der Waals surface area (Å²) >= 11 is 0. The van der Waals surface area contributed by atoms with Crippen molar-refractivity contribution >= 4 is 0 Å². The Bertz CT molecular complexity index is 429. The molecule has 0 bridgehead atoms. The molecule has 1 fully saturated rings. The van der Waals surface area contributed by atoms with E-state index >= 15 is 0 Å². The molecule has 1 N–H and O–H groups in total. The lowest BCUT2D eigenvalue weighted by atomic mass is 9.98. The molecule has 2 heterocycles. The van der Waals surface area contributed by atoms with Crippen LogP contribution in [0, 0.1) is 0 Å². The molecule has 0 radical (unpaired) electrons. The summed E-state index contributed by atoms with van der Waals surface area (Å²) in [5.74, 6) is 0. The Morgan fingerprint density at radius 1 is 1.22 bits per heavy atom. The molecular formula is C16H25N2+. The molecule has 98 valence electrons. The summed E-state index contributed by atoms with van der Waals surface area (Å²) < 4.78 is 1.32. The van der Waals surface area contributed by atoms with Crippen molar-refractivity contribution in [3.8, 4) is 0 Å². The van der Waals surface area contributed by atoms with Gasteiger partial charge in [-0.15, -0.1) is 0 Å². The monoisotopic (exact) mass is 245 g/mol. The highest BCUT2D eigenvalue weighted by molar-refractivity contribution is 5.32. The Kier molecular flexibility index (Phi) is 3.16. The zero-order valence-electron chi connectivity index (χ0n) is 11.7. The summed E-state index contributed by atoms with van der Waals surface area (Å²) in [6, 6.07) is 10.6. The van der Waals surface area contributed by atoms with Gasteiger partial charge in [0, 0.05) is 17.7 Å². The molecule has 1 saturated heterocycles. The highest BCUT2D eigenvalue weighted by Gasteiger charge is 2.50. The van der Waals surface area contributed by atoms with Gasteiger partial charge >= 0.3 is 0 Å². The van der Waals surface area contributed by atoms with Crippen molar-refractivity contribution in [2.75, 3.05) is 19.6 Å². The van der Waals surface area contributed by atoms with Crippen molar-refractivity contribution in [3.63, 3.8) is 0 Å². The predicted molar refractivity (Wildman–Crippen MR) is 75.3 cm³/mol. The maximum absolute atomic E-state index is 3.67. The van der Waals surface area contributed by atoms with E-state index < -0.39 is 0 Å². The highest BCUT2D eigenvalue weighted by Crippen LogP contribution is 2.44. The first kappa shape index (κ1) is 12.2. The van der Waals surface area contributed by atoms with Gasteiger partial charge in [0.05, 0.1) is 13.1 Å². The summed E-state index contributed by atoms with van der Waals surface area (Å²) in [6.45, 7) is 9.64. The predicted octanol–water partition coefficient (Wildman–Crippen LogP) is 2.85. The molecule has 0 saturated carbocycles. The first-order valence-corrected chi connectivity index (χ1v) is 7.46. The second kappa shape index (κ2) is 4.67. The van der Waals surface area contributed by atoms with Gasteiger partial charge in [-0.3, -0.25) is 0 Å². The van der Waals surface area contributed by atoms with E-state index in [-0.39, 0.29) is 0 Å². The molecule has 2 heteroatoms. The van der Waals surface area contributed by atoms with Gasteiger partial charge in [-0.05, 0) is 12.8 Å². The van der Waals surface area contributed by atoms with Crippen molar-refractivity contribution in [2.24, 2.45) is 0 Å². The summed E-state index contributed by atoms with van der Waals surface area (Å²) in [5, 5.41) is 3.67. The third-order valence-corrected chi connectivity index (χ3v) is 5.06. The zero-order valence-corrected chi connectivity index (χ0v) is 11.7. The smallest absolute Gasteiger partial charge is 0.128 e. The van der Waals surface area contributed by atoms with Crippen molar-refractivity contribution in [1.82, 2.24) is 5.32 Å². The molecule has 1 aromatic rings. The zero-order chi connectivity index (χ0) is 12.6. The molecular weight excluding hydrogens is 220 g/mol. The van der Waals surface area contributed by atoms with Crippen molar-refractivity contribution in [2.45, 2.75) is 45.3 Å². The van der Waals surface area contributed by atoms with Gasteiger partial charge in [0.15, 0.2) is 0 Å². The van der Waals surface area contributed by atoms with Gasteiger partial charge in [-0.2, -0.15) is 0 Å². The number of hydrogen-bond acceptors (Lipinski definition) is 1. The van der Waals surface area contributed by atoms with Crippen LogP contribution in [0.2, 0.25) is 0 Å². The fourth-order valence-electron chi connectivity index (χ4n) is 4.29. The second-order valence-electron chi connectivity index (χ2n) is 5.92. The van der Waals surface area contributed by atoms with Gasteiger partial charge in [0.1, 0.15) is 18.6 Å². The molecule has 0 spiro atoms. The molecule has 0 amide bonds. The van der Waals surface area contributed by atoms with Crippen LogP contribution in [0.3, 0.4) is 0 Å². The third-order valence-electron chi connectivity index (χ3n) is 5.06. The Balaban J connectivity index is 2.03. The Hall–Kier alpha value is -0.860. The highest BCUT2D eigenvalue weighted by atomic mass is 15.4. The average molecular weight is 245 g/mol. The first-order valence-electron chi connectivity index (χ1n) is 7.46. The number of nitrogens with one attached hydrogen (secondary N) is 1. The Labute approximate surface area is 111 Å². The third kappa shape index (κ3) is 1.63. The Morgan fingerprint density at radius 2 is 2.06 bits per heavy atom. The SMILES string of the molecule is CCC[N+]12Cc3ccccc3C1CNCC2CC. The summed E-state index contributed by atoms with van der Waals surface area (Å²) in [7, 11) is 0. The van der Waals surface area contributed by atoms with E-state index in [0.29, 0.717) is 6.04 Å². The number of rotatable bonds is 3. The van der Waals surface area contributed by atoms with Crippen LogP contribution in [0.25, 0.3) is 0 Å². The van der Waals surface area contributed by atoms with Crippen LogP contribution >= 0.6 is 0 Å². The number of quaternary nitrogens is 1. The topological polar surface area (TPSA) is 12.0 Å². The number of piperazine rings is 1. The fraction of sp³-hybridized carbons (Fsp3) is 0.625. The molecule has 3 atom stereocenters. The van der Waals surface area contributed by atoms with Crippen LogP contribution in [0.1, 0.15) is 43.9 Å². The molecule has 2 aliphatic heterocycles. The normalized spacial score (nSPS) is 34.1. The van der Waals surface area contributed by atoms with Gasteiger partial charge < -0.3 is 9.80 Å². The van der Waals surface area contributed by atoms with E-state index in [1.54, 1.807) is 11.1 Å². The molecule has 2 nitrogen and oxygen atoms in total. The average Bonchev–Trinajstić information content (AvgIpc) is 2.72. The fourth-order valence-corrected chi connectivity index (χ4v) is 4.29. The standard InChI is InChI=1S/C16H25N2/c1-3-9-18-12-13-7-5-6-8-15(13)16(18)11-17-10-14(18)4-2/h5-8,14,16-17H,3-4,9-12H2,1-2H3/q+1. The van der Waals surface area contributed by atoms with E-state index in [9.17, 15) is 0 Å². The molecule has 1 aromatic carbocycles.